The smallest absolute Gasteiger partial charge is 0.0940 e. The van der Waals surface area contributed by atoms with Crippen LogP contribution in [0.1, 0.15) is 85.0 Å². The number of rotatable bonds is 14. The third-order valence-corrected chi connectivity index (χ3v) is 8.05. The van der Waals surface area contributed by atoms with Gasteiger partial charge in [0.05, 0.1) is 5.25 Å². The maximum Gasteiger partial charge on any atom is 0.203 e. The van der Waals surface area contributed by atoms with E-state index < -0.39 is 3.79 Å². The van der Waals surface area contributed by atoms with Crippen LogP contribution in [0.4, 0.5) is 0 Å². The molecule has 0 nitrogen and oxygen atoms in total. The number of alkyl halides is 3. The summed E-state index contributed by atoms with van der Waals surface area (Å²) in [5.74, 6) is 1.57. The SMILES string of the molecule is CCCCCCC(CCCCCC)[C@H](SSCC)C(Cl)(Cl)Cl. The minimum absolute atomic E-state index is 0.103. The Morgan fingerprint density at radius 2 is 1.27 bits per heavy atom. The van der Waals surface area contributed by atoms with Crippen LogP contribution in [0.25, 0.3) is 0 Å². The van der Waals surface area contributed by atoms with E-state index in [1.54, 1.807) is 10.8 Å². The van der Waals surface area contributed by atoms with Gasteiger partial charge in [0.15, 0.2) is 0 Å². The Morgan fingerprint density at radius 1 is 0.773 bits per heavy atom. The summed E-state index contributed by atoms with van der Waals surface area (Å²) in [6, 6.07) is 0. The fraction of sp³-hybridized carbons (Fsp3) is 1.00. The molecule has 0 radical (unpaired) electrons. The summed E-state index contributed by atoms with van der Waals surface area (Å²) in [7, 11) is 3.61. The van der Waals surface area contributed by atoms with Crippen molar-refractivity contribution in [2.75, 3.05) is 5.75 Å². The van der Waals surface area contributed by atoms with Crippen LogP contribution >= 0.6 is 56.4 Å². The minimum atomic E-state index is -1.16. The predicted octanol–water partition coefficient (Wildman–Crippen LogP) is 8.68. The van der Waals surface area contributed by atoms with Crippen molar-refractivity contribution in [1.29, 1.82) is 0 Å². The van der Waals surface area contributed by atoms with Gasteiger partial charge in [0.1, 0.15) is 0 Å². The third-order valence-electron chi connectivity index (χ3n) is 3.90. The van der Waals surface area contributed by atoms with Crippen molar-refractivity contribution in [1.82, 2.24) is 0 Å². The highest BCUT2D eigenvalue weighted by Crippen LogP contribution is 2.48. The average Bonchev–Trinajstić information content (AvgIpc) is 2.46. The highest BCUT2D eigenvalue weighted by Gasteiger charge is 2.38. The summed E-state index contributed by atoms with van der Waals surface area (Å²) in [6.45, 7) is 6.66. The van der Waals surface area contributed by atoms with E-state index in [0.29, 0.717) is 5.92 Å². The quantitative estimate of drug-likeness (QED) is 0.160. The highest BCUT2D eigenvalue weighted by atomic mass is 35.6. The molecular formula is C17H33Cl3S2. The number of hydrogen-bond acceptors (Lipinski definition) is 2. The van der Waals surface area contributed by atoms with E-state index >= 15 is 0 Å². The van der Waals surface area contributed by atoms with Gasteiger partial charge in [-0.1, -0.05) is 129 Å². The van der Waals surface area contributed by atoms with Gasteiger partial charge in [-0.2, -0.15) is 0 Å². The molecule has 22 heavy (non-hydrogen) atoms. The first kappa shape index (κ1) is 23.6. The molecule has 0 aromatic heterocycles. The highest BCUT2D eigenvalue weighted by molar-refractivity contribution is 8.77. The first-order valence-electron chi connectivity index (χ1n) is 8.82. The topological polar surface area (TPSA) is 0 Å². The Kier molecular flexibility index (Phi) is 15.9. The van der Waals surface area contributed by atoms with Gasteiger partial charge in [0, 0.05) is 5.75 Å². The summed E-state index contributed by atoms with van der Waals surface area (Å²) in [4.78, 5) is 0. The van der Waals surface area contributed by atoms with E-state index in [4.69, 9.17) is 34.8 Å². The zero-order valence-corrected chi connectivity index (χ0v) is 18.3. The molecule has 0 aromatic rings. The van der Waals surface area contributed by atoms with Crippen LogP contribution in [0.5, 0.6) is 0 Å². The first-order chi connectivity index (χ1) is 10.5. The van der Waals surface area contributed by atoms with Crippen LogP contribution in [0.2, 0.25) is 0 Å². The minimum Gasteiger partial charge on any atom is -0.0940 e. The van der Waals surface area contributed by atoms with Crippen molar-refractivity contribution in [3.05, 3.63) is 0 Å². The summed E-state index contributed by atoms with van der Waals surface area (Å²) in [6.07, 6.45) is 12.7. The van der Waals surface area contributed by atoms with Gasteiger partial charge in [0.2, 0.25) is 3.79 Å². The van der Waals surface area contributed by atoms with Crippen LogP contribution in [0, 0.1) is 5.92 Å². The van der Waals surface area contributed by atoms with Gasteiger partial charge in [-0.25, -0.2) is 0 Å². The zero-order chi connectivity index (χ0) is 16.8. The van der Waals surface area contributed by atoms with Crippen LogP contribution < -0.4 is 0 Å². The van der Waals surface area contributed by atoms with Crippen molar-refractivity contribution < 1.29 is 0 Å². The van der Waals surface area contributed by atoms with E-state index in [1.807, 2.05) is 10.8 Å². The monoisotopic (exact) mass is 406 g/mol. The van der Waals surface area contributed by atoms with Crippen LogP contribution in [-0.4, -0.2) is 14.8 Å². The lowest BCUT2D eigenvalue weighted by Crippen LogP contribution is -2.30. The lowest BCUT2D eigenvalue weighted by atomic mass is 9.92. The molecule has 0 bridgehead atoms. The second kappa shape index (κ2) is 14.9. The van der Waals surface area contributed by atoms with Crippen molar-refractivity contribution in [2.45, 2.75) is 94.0 Å². The molecule has 0 aromatic carbocycles. The van der Waals surface area contributed by atoms with E-state index in [-0.39, 0.29) is 5.25 Å². The van der Waals surface area contributed by atoms with Gasteiger partial charge < -0.3 is 0 Å². The van der Waals surface area contributed by atoms with E-state index in [2.05, 4.69) is 20.8 Å². The van der Waals surface area contributed by atoms with Gasteiger partial charge in [-0.15, -0.1) is 0 Å². The molecule has 0 rings (SSSR count). The molecule has 5 heteroatoms. The second-order valence-electron chi connectivity index (χ2n) is 5.92. The molecule has 0 aliphatic carbocycles. The number of halogens is 3. The molecule has 0 heterocycles. The number of unbranched alkanes of at least 4 members (excludes halogenated alkanes) is 6. The third kappa shape index (κ3) is 12.0. The van der Waals surface area contributed by atoms with Crippen LogP contribution in [0.3, 0.4) is 0 Å². The fourth-order valence-electron chi connectivity index (χ4n) is 2.66. The van der Waals surface area contributed by atoms with Gasteiger partial charge in [0.25, 0.3) is 0 Å². The lowest BCUT2D eigenvalue weighted by molar-refractivity contribution is 0.396. The van der Waals surface area contributed by atoms with Crippen molar-refractivity contribution in [2.24, 2.45) is 5.92 Å². The van der Waals surface area contributed by atoms with Crippen LogP contribution in [0.15, 0.2) is 0 Å². The lowest BCUT2D eigenvalue weighted by Gasteiger charge is -2.31. The Labute approximate surface area is 161 Å². The molecule has 1 atom stereocenters. The molecule has 0 saturated heterocycles. The zero-order valence-electron chi connectivity index (χ0n) is 14.4. The Bertz CT molecular complexity index is 233. The Balaban J connectivity index is 4.57. The average molecular weight is 408 g/mol. The maximum absolute atomic E-state index is 6.31. The van der Waals surface area contributed by atoms with Gasteiger partial charge >= 0.3 is 0 Å². The van der Waals surface area contributed by atoms with Crippen molar-refractivity contribution in [3.63, 3.8) is 0 Å². The molecule has 0 aliphatic heterocycles. The predicted molar refractivity (Wildman–Crippen MR) is 111 cm³/mol. The van der Waals surface area contributed by atoms with E-state index in [0.717, 1.165) is 5.75 Å². The molecule has 0 unspecified atom stereocenters. The van der Waals surface area contributed by atoms with Crippen molar-refractivity contribution in [3.8, 4) is 0 Å². The molecular weight excluding hydrogens is 375 g/mol. The molecule has 0 amide bonds. The number of hydrogen-bond donors (Lipinski definition) is 0. The van der Waals surface area contributed by atoms with Crippen molar-refractivity contribution >= 4 is 56.4 Å². The first-order valence-corrected chi connectivity index (χ1v) is 12.3. The maximum atomic E-state index is 6.31. The Hall–Kier alpha value is 1.57. The standard InChI is InChI=1S/C17H33Cl3S2/c1-4-7-9-11-13-15(14-12-10-8-5-2)16(17(18,19)20)22-21-6-3/h15-16H,4-14H2,1-3H3/t16-/m0/s1. The largest absolute Gasteiger partial charge is 0.203 e. The summed E-state index contributed by atoms with van der Waals surface area (Å²) < 4.78 is -1.16. The van der Waals surface area contributed by atoms with Crippen LogP contribution in [-0.2, 0) is 0 Å². The van der Waals surface area contributed by atoms with Gasteiger partial charge in [-0.3, -0.25) is 0 Å². The summed E-state index contributed by atoms with van der Waals surface area (Å²) in [5.41, 5.74) is 0. The molecule has 0 saturated carbocycles. The molecule has 0 fully saturated rings. The molecule has 0 spiro atoms. The molecule has 134 valence electrons. The second-order valence-corrected chi connectivity index (χ2v) is 11.1. The normalized spacial score (nSPS) is 13.8. The summed E-state index contributed by atoms with van der Waals surface area (Å²) in [5, 5.41) is 0.103. The Morgan fingerprint density at radius 3 is 1.64 bits per heavy atom. The van der Waals surface area contributed by atoms with E-state index in [9.17, 15) is 0 Å². The molecule has 0 aliphatic rings. The molecule has 0 N–H and O–H groups in total. The van der Waals surface area contributed by atoms with Gasteiger partial charge in [-0.05, 0) is 18.8 Å². The fourth-order valence-corrected chi connectivity index (χ4v) is 6.64. The van der Waals surface area contributed by atoms with E-state index in [1.165, 1.54) is 64.2 Å². The summed E-state index contributed by atoms with van der Waals surface area (Å²) >= 11 is 18.9.